The summed E-state index contributed by atoms with van der Waals surface area (Å²) in [5, 5.41) is 3.01. The van der Waals surface area contributed by atoms with Gasteiger partial charge < -0.3 is 33.4 Å². The predicted octanol–water partition coefficient (Wildman–Crippen LogP) is 3.64. The molecule has 4 rings (SSSR count). The van der Waals surface area contributed by atoms with Crippen molar-refractivity contribution in [2.75, 3.05) is 64.3 Å². The first-order valence-electron chi connectivity index (χ1n) is 13.1. The molecule has 14 heteroatoms. The average Bonchev–Trinajstić information content (AvgIpc) is 3.26. The summed E-state index contributed by atoms with van der Waals surface area (Å²) < 4.78 is 73.1. The van der Waals surface area contributed by atoms with Crippen LogP contribution in [0, 0.1) is 5.82 Å². The Morgan fingerprint density at radius 3 is 2.48 bits per heavy atom. The van der Waals surface area contributed by atoms with Crippen molar-refractivity contribution in [2.45, 2.75) is 19.1 Å². The smallest absolute Gasteiger partial charge is 0.455 e. The zero-order valence-electron chi connectivity index (χ0n) is 23.7. The molecular formula is C28H33FN2O10S. The number of rotatable bonds is 11. The summed E-state index contributed by atoms with van der Waals surface area (Å²) in [7, 11) is -0.824. The van der Waals surface area contributed by atoms with E-state index in [0.29, 0.717) is 35.4 Å². The van der Waals surface area contributed by atoms with Gasteiger partial charge in [-0.25, -0.2) is 17.6 Å². The lowest BCUT2D eigenvalue weighted by atomic mass is 10.0. The zero-order valence-corrected chi connectivity index (χ0v) is 24.5. The van der Waals surface area contributed by atoms with Crippen molar-refractivity contribution in [1.82, 2.24) is 5.32 Å². The second-order valence-electron chi connectivity index (χ2n) is 9.51. The maximum absolute atomic E-state index is 13.6. The number of hydrogen-bond acceptors (Lipinski definition) is 10. The second-order valence-corrected chi connectivity index (χ2v) is 11.4. The maximum Gasteiger partial charge on any atom is 0.508 e. The van der Waals surface area contributed by atoms with E-state index in [9.17, 15) is 22.4 Å². The lowest BCUT2D eigenvalue weighted by Crippen LogP contribution is -2.39. The van der Waals surface area contributed by atoms with Gasteiger partial charge in [-0.2, -0.15) is 0 Å². The third-order valence-corrected chi connectivity index (χ3v) is 7.68. The largest absolute Gasteiger partial charge is 0.508 e. The standard InChI is InChI=1S/C28H33FN2O10S/c1-17-21-13-22-24(41-26(25(22)27(32)30-2)18-5-7-19(29)8-6-18)14-23(21)31(42(4,34)35)15-20(40-17)16-39-28(33)38-12-11-37-10-9-36-3/h5-8,13-14,17,20H,9-12,15-16H2,1-4H3,(H,30,32)/t17-,20-/m0/s1. The van der Waals surface area contributed by atoms with Crippen LogP contribution in [-0.2, 0) is 33.7 Å². The van der Waals surface area contributed by atoms with Gasteiger partial charge >= 0.3 is 6.16 Å². The number of carbonyl (C=O) groups is 2. The zero-order chi connectivity index (χ0) is 30.4. The van der Waals surface area contributed by atoms with Gasteiger partial charge in [0.2, 0.25) is 10.0 Å². The van der Waals surface area contributed by atoms with Gasteiger partial charge in [-0.15, -0.1) is 0 Å². The second kappa shape index (κ2) is 13.5. The molecule has 12 nitrogen and oxygen atoms in total. The summed E-state index contributed by atoms with van der Waals surface area (Å²) in [5.41, 5.74) is 1.69. The lowest BCUT2D eigenvalue weighted by Gasteiger charge is -2.24. The molecule has 0 saturated carbocycles. The van der Waals surface area contributed by atoms with Crippen molar-refractivity contribution < 1.29 is 50.5 Å². The molecule has 1 N–H and O–H groups in total. The van der Waals surface area contributed by atoms with Crippen LogP contribution >= 0.6 is 0 Å². The number of ether oxygens (including phenoxy) is 5. The summed E-state index contributed by atoms with van der Waals surface area (Å²) in [5.74, 6) is -0.682. The highest BCUT2D eigenvalue weighted by molar-refractivity contribution is 7.92. The number of carbonyl (C=O) groups excluding carboxylic acids is 2. The molecule has 1 aliphatic heterocycles. The van der Waals surface area contributed by atoms with Crippen LogP contribution in [0.1, 0.15) is 28.9 Å². The molecule has 2 atom stereocenters. The Morgan fingerprint density at radius 2 is 1.81 bits per heavy atom. The molecule has 0 bridgehead atoms. The van der Waals surface area contributed by atoms with E-state index in [1.165, 1.54) is 37.4 Å². The normalized spacial score (nSPS) is 17.0. The molecule has 2 heterocycles. The van der Waals surface area contributed by atoms with Gasteiger partial charge in [-0.1, -0.05) is 0 Å². The van der Waals surface area contributed by atoms with Crippen LogP contribution in [0.15, 0.2) is 40.8 Å². The minimum absolute atomic E-state index is 0.0297. The first-order chi connectivity index (χ1) is 20.0. The van der Waals surface area contributed by atoms with Crippen molar-refractivity contribution in [3.8, 4) is 11.3 Å². The van der Waals surface area contributed by atoms with Crippen molar-refractivity contribution in [2.24, 2.45) is 0 Å². The highest BCUT2D eigenvalue weighted by atomic mass is 32.2. The summed E-state index contributed by atoms with van der Waals surface area (Å²) in [6.45, 7) is 2.18. The van der Waals surface area contributed by atoms with Gasteiger partial charge in [-0.05, 0) is 37.3 Å². The average molecular weight is 609 g/mol. The Morgan fingerprint density at radius 1 is 1.10 bits per heavy atom. The van der Waals surface area contributed by atoms with Gasteiger partial charge in [0.15, 0.2) is 0 Å². The third-order valence-electron chi connectivity index (χ3n) is 6.54. The topological polar surface area (TPSA) is 143 Å². The molecule has 0 aliphatic carbocycles. The number of anilines is 1. The molecule has 0 spiro atoms. The van der Waals surface area contributed by atoms with E-state index >= 15 is 0 Å². The lowest BCUT2D eigenvalue weighted by molar-refractivity contribution is -0.0439. The number of nitrogens with one attached hydrogen (secondary N) is 1. The Labute approximate surface area is 242 Å². The highest BCUT2D eigenvalue weighted by Gasteiger charge is 2.34. The number of nitrogens with zero attached hydrogens (tertiary/aromatic N) is 1. The van der Waals surface area contributed by atoms with E-state index in [-0.39, 0.29) is 43.3 Å². The van der Waals surface area contributed by atoms with E-state index in [1.54, 1.807) is 20.1 Å². The van der Waals surface area contributed by atoms with E-state index in [2.05, 4.69) is 5.32 Å². The minimum atomic E-state index is -3.84. The molecule has 0 fully saturated rings. The summed E-state index contributed by atoms with van der Waals surface area (Å²) >= 11 is 0. The number of benzene rings is 2. The third kappa shape index (κ3) is 7.18. The van der Waals surface area contributed by atoms with Gasteiger partial charge in [0.1, 0.15) is 36.5 Å². The number of halogens is 1. The van der Waals surface area contributed by atoms with Crippen LogP contribution in [0.5, 0.6) is 0 Å². The van der Waals surface area contributed by atoms with E-state index in [4.69, 9.17) is 28.1 Å². The molecule has 2 aromatic carbocycles. The van der Waals surface area contributed by atoms with Crippen LogP contribution in [0.2, 0.25) is 0 Å². The molecule has 1 aromatic heterocycles. The highest BCUT2D eigenvalue weighted by Crippen LogP contribution is 2.42. The maximum atomic E-state index is 13.6. The van der Waals surface area contributed by atoms with Gasteiger partial charge in [0, 0.05) is 36.7 Å². The molecule has 0 radical (unpaired) electrons. The van der Waals surface area contributed by atoms with Crippen molar-refractivity contribution in [3.05, 3.63) is 53.3 Å². The summed E-state index contributed by atoms with van der Waals surface area (Å²) in [4.78, 5) is 25.1. The first-order valence-corrected chi connectivity index (χ1v) is 15.0. The van der Waals surface area contributed by atoms with Crippen LogP contribution in [0.25, 0.3) is 22.3 Å². The quantitative estimate of drug-likeness (QED) is 0.253. The summed E-state index contributed by atoms with van der Waals surface area (Å²) in [6, 6.07) is 8.66. The van der Waals surface area contributed by atoms with Crippen LogP contribution in [-0.4, -0.2) is 86.6 Å². The Hall–Kier alpha value is -3.72. The SMILES string of the molecule is CNC(=O)c1c(-c2ccc(F)cc2)oc2cc3c(cc12)[C@H](C)O[C@H](COC(=O)OCCOCCOC)CN3S(C)(=O)=O. The molecule has 42 heavy (non-hydrogen) atoms. The molecule has 1 amide bonds. The molecule has 1 aliphatic rings. The number of methoxy groups -OCH3 is 1. The Kier molecular flexibility index (Phi) is 10.0. The number of furan rings is 1. The van der Waals surface area contributed by atoms with Gasteiger partial charge in [0.05, 0.1) is 50.0 Å². The fourth-order valence-corrected chi connectivity index (χ4v) is 5.52. The number of amides is 1. The number of sulfonamides is 1. The van der Waals surface area contributed by atoms with Crippen LogP contribution in [0.3, 0.4) is 0 Å². The monoisotopic (exact) mass is 608 g/mol. The van der Waals surface area contributed by atoms with Crippen LogP contribution in [0.4, 0.5) is 14.9 Å². The molecule has 0 saturated heterocycles. The van der Waals surface area contributed by atoms with E-state index in [1.807, 2.05) is 0 Å². The predicted molar refractivity (Wildman–Crippen MR) is 150 cm³/mol. The number of hydrogen-bond donors (Lipinski definition) is 1. The Balaban J connectivity index is 1.62. The van der Waals surface area contributed by atoms with Gasteiger partial charge in [0.25, 0.3) is 5.91 Å². The Bertz CT molecular complexity index is 1520. The van der Waals surface area contributed by atoms with Crippen molar-refractivity contribution >= 4 is 38.7 Å². The summed E-state index contributed by atoms with van der Waals surface area (Å²) in [6.07, 6.45) is -1.41. The fraction of sp³-hybridized carbons (Fsp3) is 0.429. The first kappa shape index (κ1) is 31.2. The van der Waals surface area contributed by atoms with Crippen LogP contribution < -0.4 is 9.62 Å². The molecule has 3 aromatic rings. The van der Waals surface area contributed by atoms with Crippen molar-refractivity contribution in [3.63, 3.8) is 0 Å². The molecule has 228 valence electrons. The number of fused-ring (bicyclic) bond motifs is 2. The minimum Gasteiger partial charge on any atom is -0.455 e. The fourth-order valence-electron chi connectivity index (χ4n) is 4.57. The molecule has 0 unspecified atom stereocenters. The molecular weight excluding hydrogens is 575 g/mol. The van der Waals surface area contributed by atoms with Crippen molar-refractivity contribution in [1.29, 1.82) is 0 Å². The van der Waals surface area contributed by atoms with E-state index in [0.717, 1.165) is 10.6 Å². The van der Waals surface area contributed by atoms with Gasteiger partial charge in [-0.3, -0.25) is 9.10 Å². The van der Waals surface area contributed by atoms with E-state index < -0.39 is 40.1 Å².